The van der Waals surface area contributed by atoms with Gasteiger partial charge in [-0.3, -0.25) is 9.59 Å². The first kappa shape index (κ1) is 16.2. The molecule has 5 heteroatoms. The second-order valence-electron chi connectivity index (χ2n) is 5.96. The topological polar surface area (TPSA) is 49.4 Å². The van der Waals surface area contributed by atoms with Gasteiger partial charge in [0.2, 0.25) is 11.8 Å². The van der Waals surface area contributed by atoms with E-state index in [1.165, 1.54) is 6.07 Å². The van der Waals surface area contributed by atoms with Crippen molar-refractivity contribution in [1.29, 1.82) is 0 Å². The Kier molecular flexibility index (Phi) is 4.60. The van der Waals surface area contributed by atoms with Crippen molar-refractivity contribution >= 4 is 17.5 Å². The molecule has 0 radical (unpaired) electrons. The van der Waals surface area contributed by atoms with Gasteiger partial charge in [0.25, 0.3) is 0 Å². The third-order valence-electron chi connectivity index (χ3n) is 4.29. The highest BCUT2D eigenvalue weighted by Crippen LogP contribution is 2.28. The van der Waals surface area contributed by atoms with E-state index in [0.29, 0.717) is 24.9 Å². The fourth-order valence-electron chi connectivity index (χ4n) is 2.87. The van der Waals surface area contributed by atoms with Crippen LogP contribution in [0.15, 0.2) is 42.5 Å². The Morgan fingerprint density at radius 1 is 1.25 bits per heavy atom. The van der Waals surface area contributed by atoms with Crippen LogP contribution in [0.1, 0.15) is 23.1 Å². The fraction of sp³-hybridized carbons (Fsp3) is 0.263. The molecular formula is C19H19FN2O2. The van der Waals surface area contributed by atoms with Crippen molar-refractivity contribution in [1.82, 2.24) is 5.32 Å². The highest BCUT2D eigenvalue weighted by Gasteiger charge is 2.23. The average molecular weight is 326 g/mol. The van der Waals surface area contributed by atoms with Crippen LogP contribution in [0.4, 0.5) is 10.1 Å². The van der Waals surface area contributed by atoms with Crippen LogP contribution in [-0.4, -0.2) is 18.9 Å². The number of carbonyl (C=O) groups is 2. The number of anilines is 1. The zero-order valence-corrected chi connectivity index (χ0v) is 13.5. The Bertz CT molecular complexity index is 789. The number of nitrogens with zero attached hydrogens (tertiary/aromatic N) is 1. The molecule has 0 bridgehead atoms. The van der Waals surface area contributed by atoms with Gasteiger partial charge in [-0.05, 0) is 35.2 Å². The number of likely N-dealkylation sites (N-methyl/N-ethyl adjacent to an activating group) is 1. The van der Waals surface area contributed by atoms with Crippen molar-refractivity contribution in [2.24, 2.45) is 0 Å². The molecule has 24 heavy (non-hydrogen) atoms. The maximum atomic E-state index is 13.5. The third kappa shape index (κ3) is 3.45. The summed E-state index contributed by atoms with van der Waals surface area (Å²) in [5, 5.41) is 2.84. The van der Waals surface area contributed by atoms with Crippen LogP contribution in [0, 0.1) is 5.82 Å². The van der Waals surface area contributed by atoms with Crippen LogP contribution < -0.4 is 10.2 Å². The maximum absolute atomic E-state index is 13.5. The molecule has 124 valence electrons. The number of fused-ring (bicyclic) bond motifs is 1. The first-order valence-corrected chi connectivity index (χ1v) is 7.93. The number of nitrogens with one attached hydrogen (secondary N) is 1. The lowest BCUT2D eigenvalue weighted by Crippen LogP contribution is -2.23. The quantitative estimate of drug-likeness (QED) is 0.918. The van der Waals surface area contributed by atoms with Gasteiger partial charge in [0.1, 0.15) is 5.82 Å². The Morgan fingerprint density at radius 2 is 2.04 bits per heavy atom. The van der Waals surface area contributed by atoms with Gasteiger partial charge in [0.15, 0.2) is 0 Å². The normalized spacial score (nSPS) is 13.1. The number of amides is 2. The Hall–Kier alpha value is -2.69. The minimum atomic E-state index is -0.280. The molecule has 0 saturated carbocycles. The Labute approximate surface area is 140 Å². The van der Waals surface area contributed by atoms with Crippen LogP contribution in [-0.2, 0) is 29.0 Å². The number of hydrogen-bond donors (Lipinski definition) is 1. The Balaban J connectivity index is 1.53. The Morgan fingerprint density at radius 3 is 2.83 bits per heavy atom. The van der Waals surface area contributed by atoms with E-state index < -0.39 is 0 Å². The van der Waals surface area contributed by atoms with Gasteiger partial charge in [0.05, 0.1) is 6.42 Å². The van der Waals surface area contributed by atoms with E-state index in [1.807, 2.05) is 18.2 Å². The predicted molar refractivity (Wildman–Crippen MR) is 90.1 cm³/mol. The molecule has 0 spiro atoms. The molecule has 0 aliphatic carbocycles. The molecule has 4 nitrogen and oxygen atoms in total. The fourth-order valence-corrected chi connectivity index (χ4v) is 2.87. The smallest absolute Gasteiger partial charge is 0.231 e. The first-order valence-electron chi connectivity index (χ1n) is 7.93. The van der Waals surface area contributed by atoms with Crippen LogP contribution >= 0.6 is 0 Å². The minimum absolute atomic E-state index is 0.0797. The summed E-state index contributed by atoms with van der Waals surface area (Å²) in [4.78, 5) is 25.3. The van der Waals surface area contributed by atoms with E-state index in [4.69, 9.17) is 0 Å². The van der Waals surface area contributed by atoms with E-state index >= 15 is 0 Å². The summed E-state index contributed by atoms with van der Waals surface area (Å²) in [5.74, 6) is -0.319. The van der Waals surface area contributed by atoms with Crippen molar-refractivity contribution in [2.45, 2.75) is 25.8 Å². The number of carbonyl (C=O) groups excluding carboxylic acids is 2. The average Bonchev–Trinajstić information content (AvgIpc) is 2.86. The van der Waals surface area contributed by atoms with Crippen LogP contribution in [0.2, 0.25) is 0 Å². The molecule has 0 fully saturated rings. The molecule has 3 rings (SSSR count). The maximum Gasteiger partial charge on any atom is 0.231 e. The van der Waals surface area contributed by atoms with Crippen molar-refractivity contribution in [3.63, 3.8) is 0 Å². The van der Waals surface area contributed by atoms with E-state index in [-0.39, 0.29) is 24.1 Å². The second kappa shape index (κ2) is 6.83. The lowest BCUT2D eigenvalue weighted by atomic mass is 10.1. The van der Waals surface area contributed by atoms with E-state index in [0.717, 1.165) is 16.8 Å². The van der Waals surface area contributed by atoms with Crippen molar-refractivity contribution in [3.8, 4) is 0 Å². The molecule has 1 aliphatic rings. The van der Waals surface area contributed by atoms with Crippen LogP contribution in [0.25, 0.3) is 0 Å². The highest BCUT2D eigenvalue weighted by molar-refractivity contribution is 6.00. The predicted octanol–water partition coefficient (Wildman–Crippen LogP) is 2.59. The van der Waals surface area contributed by atoms with Gasteiger partial charge in [-0.1, -0.05) is 30.3 Å². The molecular weight excluding hydrogens is 307 g/mol. The number of benzene rings is 2. The SMILES string of the molecule is CN1C(=O)Cc2cc(CNC(=O)CCc3ccccc3F)ccc21. The molecule has 1 heterocycles. The van der Waals surface area contributed by atoms with Crippen molar-refractivity contribution in [3.05, 3.63) is 65.0 Å². The van der Waals surface area contributed by atoms with Gasteiger partial charge >= 0.3 is 0 Å². The molecule has 1 aliphatic heterocycles. The second-order valence-corrected chi connectivity index (χ2v) is 5.96. The lowest BCUT2D eigenvalue weighted by Gasteiger charge is -2.11. The van der Waals surface area contributed by atoms with Gasteiger partial charge in [-0.15, -0.1) is 0 Å². The van der Waals surface area contributed by atoms with Crippen LogP contribution in [0.5, 0.6) is 0 Å². The molecule has 1 N–H and O–H groups in total. The number of aryl methyl sites for hydroxylation is 1. The number of hydrogen-bond acceptors (Lipinski definition) is 2. The monoisotopic (exact) mass is 326 g/mol. The molecule has 0 saturated heterocycles. The molecule has 2 amide bonds. The number of rotatable bonds is 5. The molecule has 0 atom stereocenters. The number of halogens is 1. The molecule has 2 aromatic rings. The van der Waals surface area contributed by atoms with E-state index in [1.54, 1.807) is 30.1 Å². The summed E-state index contributed by atoms with van der Waals surface area (Å²) >= 11 is 0. The summed E-state index contributed by atoms with van der Waals surface area (Å²) in [5.41, 5.74) is 3.41. The van der Waals surface area contributed by atoms with Gasteiger partial charge in [-0.2, -0.15) is 0 Å². The summed E-state index contributed by atoms with van der Waals surface area (Å²) < 4.78 is 13.5. The summed E-state index contributed by atoms with van der Waals surface area (Å²) in [6, 6.07) is 12.3. The summed E-state index contributed by atoms with van der Waals surface area (Å²) in [6.45, 7) is 0.404. The van der Waals surface area contributed by atoms with E-state index in [2.05, 4.69) is 5.32 Å². The zero-order valence-electron chi connectivity index (χ0n) is 13.5. The van der Waals surface area contributed by atoms with E-state index in [9.17, 15) is 14.0 Å². The van der Waals surface area contributed by atoms with Crippen molar-refractivity contribution < 1.29 is 14.0 Å². The lowest BCUT2D eigenvalue weighted by molar-refractivity contribution is -0.121. The summed E-state index contributed by atoms with van der Waals surface area (Å²) in [7, 11) is 1.76. The molecule has 0 unspecified atom stereocenters. The zero-order chi connectivity index (χ0) is 17.1. The van der Waals surface area contributed by atoms with Crippen LogP contribution in [0.3, 0.4) is 0 Å². The largest absolute Gasteiger partial charge is 0.352 e. The standard InChI is InChI=1S/C19H19FN2O2/c1-22-17-8-6-13(10-15(17)11-19(22)24)12-21-18(23)9-7-14-4-2-3-5-16(14)20/h2-6,8,10H,7,9,11-12H2,1H3,(H,21,23). The van der Waals surface area contributed by atoms with Gasteiger partial charge < -0.3 is 10.2 Å². The highest BCUT2D eigenvalue weighted by atomic mass is 19.1. The molecule has 0 aromatic heterocycles. The molecule has 2 aromatic carbocycles. The minimum Gasteiger partial charge on any atom is -0.352 e. The third-order valence-corrected chi connectivity index (χ3v) is 4.29. The van der Waals surface area contributed by atoms with Gasteiger partial charge in [-0.25, -0.2) is 4.39 Å². The first-order chi connectivity index (χ1) is 11.5. The van der Waals surface area contributed by atoms with Gasteiger partial charge in [0, 0.05) is 25.7 Å². The van der Waals surface area contributed by atoms with Crippen molar-refractivity contribution in [2.75, 3.05) is 11.9 Å². The summed E-state index contributed by atoms with van der Waals surface area (Å²) in [6.07, 6.45) is 1.02.